The van der Waals surface area contributed by atoms with Crippen LogP contribution in [0.5, 0.6) is 0 Å². The van der Waals surface area contributed by atoms with Crippen LogP contribution in [-0.4, -0.2) is 28.0 Å². The lowest BCUT2D eigenvalue weighted by molar-refractivity contribution is -0.00790. The van der Waals surface area contributed by atoms with E-state index in [0.29, 0.717) is 6.61 Å². The molecular formula is C13H23N3O. The standard InChI is InChI=1S/C13H23N3O/c1-13(2,3)17-7-6-16-10-11(9-15-16)8-14-12-4-5-12/h9-10,12,14H,4-8H2,1-3H3. The Kier molecular flexibility index (Phi) is 3.84. The van der Waals surface area contributed by atoms with Crippen LogP contribution in [-0.2, 0) is 17.8 Å². The Labute approximate surface area is 103 Å². The van der Waals surface area contributed by atoms with E-state index in [4.69, 9.17) is 4.74 Å². The van der Waals surface area contributed by atoms with Crippen LogP contribution >= 0.6 is 0 Å². The largest absolute Gasteiger partial charge is 0.374 e. The molecule has 1 N–H and O–H groups in total. The first-order valence-corrected chi connectivity index (χ1v) is 6.42. The first-order valence-electron chi connectivity index (χ1n) is 6.42. The van der Waals surface area contributed by atoms with Gasteiger partial charge < -0.3 is 10.1 Å². The van der Waals surface area contributed by atoms with Crippen molar-refractivity contribution < 1.29 is 4.74 Å². The number of aromatic nitrogens is 2. The Balaban J connectivity index is 1.69. The molecule has 0 saturated heterocycles. The molecule has 1 aliphatic rings. The molecule has 0 spiro atoms. The highest BCUT2D eigenvalue weighted by Gasteiger charge is 2.20. The van der Waals surface area contributed by atoms with Crippen molar-refractivity contribution in [1.29, 1.82) is 0 Å². The number of nitrogens with zero attached hydrogens (tertiary/aromatic N) is 2. The van der Waals surface area contributed by atoms with Crippen LogP contribution in [0.3, 0.4) is 0 Å². The second-order valence-electron chi connectivity index (χ2n) is 5.73. The van der Waals surface area contributed by atoms with Crippen molar-refractivity contribution in [2.45, 2.75) is 58.3 Å². The van der Waals surface area contributed by atoms with Crippen LogP contribution in [0.1, 0.15) is 39.2 Å². The molecule has 0 radical (unpaired) electrons. The van der Waals surface area contributed by atoms with Crippen molar-refractivity contribution >= 4 is 0 Å². The van der Waals surface area contributed by atoms with Crippen molar-refractivity contribution in [2.24, 2.45) is 0 Å². The summed E-state index contributed by atoms with van der Waals surface area (Å²) in [5, 5.41) is 7.81. The van der Waals surface area contributed by atoms with Crippen LogP contribution in [0.2, 0.25) is 0 Å². The summed E-state index contributed by atoms with van der Waals surface area (Å²) in [5.41, 5.74) is 1.19. The minimum Gasteiger partial charge on any atom is -0.374 e. The minimum absolute atomic E-state index is 0.0660. The number of hydrogen-bond acceptors (Lipinski definition) is 3. The highest BCUT2D eigenvalue weighted by molar-refractivity contribution is 5.04. The fourth-order valence-electron chi connectivity index (χ4n) is 1.61. The van der Waals surface area contributed by atoms with E-state index in [-0.39, 0.29) is 5.60 Å². The zero-order chi connectivity index (χ0) is 12.3. The summed E-state index contributed by atoms with van der Waals surface area (Å²) in [5.74, 6) is 0. The van der Waals surface area contributed by atoms with E-state index >= 15 is 0 Å². The van der Waals surface area contributed by atoms with Crippen LogP contribution in [0, 0.1) is 0 Å². The molecule has 0 atom stereocenters. The summed E-state index contributed by atoms with van der Waals surface area (Å²) in [7, 11) is 0. The molecule has 0 aliphatic heterocycles. The molecule has 1 heterocycles. The Morgan fingerprint density at radius 1 is 1.47 bits per heavy atom. The Morgan fingerprint density at radius 3 is 2.88 bits per heavy atom. The monoisotopic (exact) mass is 237 g/mol. The molecular weight excluding hydrogens is 214 g/mol. The molecule has 0 bridgehead atoms. The second-order valence-corrected chi connectivity index (χ2v) is 5.73. The molecule has 1 saturated carbocycles. The molecule has 1 aliphatic carbocycles. The zero-order valence-corrected chi connectivity index (χ0v) is 11.1. The third-order valence-electron chi connectivity index (χ3n) is 2.71. The zero-order valence-electron chi connectivity index (χ0n) is 11.1. The fourth-order valence-corrected chi connectivity index (χ4v) is 1.61. The smallest absolute Gasteiger partial charge is 0.0669 e. The topological polar surface area (TPSA) is 39.1 Å². The molecule has 2 rings (SSSR count). The molecule has 0 amide bonds. The van der Waals surface area contributed by atoms with Crippen LogP contribution in [0.25, 0.3) is 0 Å². The summed E-state index contributed by atoms with van der Waals surface area (Å²) >= 11 is 0. The summed E-state index contributed by atoms with van der Waals surface area (Å²) < 4.78 is 7.63. The van der Waals surface area contributed by atoms with Gasteiger partial charge in [0.25, 0.3) is 0 Å². The molecule has 0 aromatic carbocycles. The van der Waals surface area contributed by atoms with Gasteiger partial charge in [0.1, 0.15) is 0 Å². The van der Waals surface area contributed by atoms with Crippen molar-refractivity contribution in [2.75, 3.05) is 6.61 Å². The lowest BCUT2D eigenvalue weighted by Crippen LogP contribution is -2.22. The average molecular weight is 237 g/mol. The van der Waals surface area contributed by atoms with Crippen molar-refractivity contribution in [3.8, 4) is 0 Å². The number of hydrogen-bond donors (Lipinski definition) is 1. The second kappa shape index (κ2) is 5.19. The number of nitrogens with one attached hydrogen (secondary N) is 1. The average Bonchev–Trinajstić information content (AvgIpc) is 2.95. The minimum atomic E-state index is -0.0660. The van der Waals surface area contributed by atoms with Gasteiger partial charge in [0.05, 0.1) is 24.9 Å². The summed E-state index contributed by atoms with van der Waals surface area (Å²) in [6.07, 6.45) is 6.69. The summed E-state index contributed by atoms with van der Waals surface area (Å²) in [6.45, 7) is 8.68. The third kappa shape index (κ3) is 4.88. The van der Waals surface area contributed by atoms with Gasteiger partial charge in [-0.25, -0.2) is 0 Å². The molecule has 4 nitrogen and oxygen atoms in total. The number of ether oxygens (including phenoxy) is 1. The molecule has 4 heteroatoms. The molecule has 96 valence electrons. The SMILES string of the molecule is CC(C)(C)OCCn1cc(CNC2CC2)cn1. The Bertz CT molecular complexity index is 350. The van der Waals surface area contributed by atoms with E-state index in [2.05, 4.69) is 37.4 Å². The van der Waals surface area contributed by atoms with Crippen LogP contribution in [0.4, 0.5) is 0 Å². The predicted molar refractivity (Wildman–Crippen MR) is 67.8 cm³/mol. The molecule has 1 aromatic rings. The van der Waals surface area contributed by atoms with Gasteiger partial charge in [-0.2, -0.15) is 5.10 Å². The van der Waals surface area contributed by atoms with E-state index in [9.17, 15) is 0 Å². The molecule has 1 fully saturated rings. The molecule has 0 unspecified atom stereocenters. The maximum Gasteiger partial charge on any atom is 0.0669 e. The van der Waals surface area contributed by atoms with Crippen molar-refractivity contribution in [3.63, 3.8) is 0 Å². The summed E-state index contributed by atoms with van der Waals surface area (Å²) in [4.78, 5) is 0. The van der Waals surface area contributed by atoms with Crippen molar-refractivity contribution in [1.82, 2.24) is 15.1 Å². The van der Waals surface area contributed by atoms with E-state index < -0.39 is 0 Å². The van der Waals surface area contributed by atoms with Crippen LogP contribution < -0.4 is 5.32 Å². The van der Waals surface area contributed by atoms with Gasteiger partial charge >= 0.3 is 0 Å². The lowest BCUT2D eigenvalue weighted by atomic mass is 10.2. The van der Waals surface area contributed by atoms with E-state index in [1.54, 1.807) is 0 Å². The van der Waals surface area contributed by atoms with Gasteiger partial charge in [-0.3, -0.25) is 4.68 Å². The Morgan fingerprint density at radius 2 is 2.24 bits per heavy atom. The van der Waals surface area contributed by atoms with Gasteiger partial charge in [0.15, 0.2) is 0 Å². The first kappa shape index (κ1) is 12.6. The lowest BCUT2D eigenvalue weighted by Gasteiger charge is -2.19. The molecule has 17 heavy (non-hydrogen) atoms. The predicted octanol–water partition coefficient (Wildman–Crippen LogP) is 1.95. The van der Waals surface area contributed by atoms with Gasteiger partial charge in [-0.1, -0.05) is 0 Å². The van der Waals surface area contributed by atoms with E-state index in [1.165, 1.54) is 18.4 Å². The van der Waals surface area contributed by atoms with Crippen LogP contribution in [0.15, 0.2) is 12.4 Å². The fraction of sp³-hybridized carbons (Fsp3) is 0.769. The van der Waals surface area contributed by atoms with E-state index in [1.807, 2.05) is 10.9 Å². The normalized spacial score (nSPS) is 16.4. The van der Waals surface area contributed by atoms with Gasteiger partial charge in [0.2, 0.25) is 0 Å². The number of rotatable bonds is 6. The maximum atomic E-state index is 5.67. The van der Waals surface area contributed by atoms with Gasteiger partial charge in [-0.05, 0) is 33.6 Å². The van der Waals surface area contributed by atoms with Gasteiger partial charge in [0, 0.05) is 24.3 Å². The van der Waals surface area contributed by atoms with Gasteiger partial charge in [-0.15, -0.1) is 0 Å². The highest BCUT2D eigenvalue weighted by Crippen LogP contribution is 2.19. The Hall–Kier alpha value is -0.870. The van der Waals surface area contributed by atoms with Crippen molar-refractivity contribution in [3.05, 3.63) is 18.0 Å². The first-order chi connectivity index (χ1) is 8.03. The third-order valence-corrected chi connectivity index (χ3v) is 2.71. The quantitative estimate of drug-likeness (QED) is 0.822. The molecule has 1 aromatic heterocycles. The highest BCUT2D eigenvalue weighted by atomic mass is 16.5. The maximum absolute atomic E-state index is 5.67. The summed E-state index contributed by atoms with van der Waals surface area (Å²) in [6, 6.07) is 0.752. The van der Waals surface area contributed by atoms with E-state index in [0.717, 1.165) is 19.1 Å².